The summed E-state index contributed by atoms with van der Waals surface area (Å²) in [5, 5.41) is 2.71. The lowest BCUT2D eigenvalue weighted by molar-refractivity contribution is -0.149. The van der Waals surface area contributed by atoms with Gasteiger partial charge in [-0.1, -0.05) is 13.8 Å². The number of rotatable bonds is 3. The molecular formula is C16H30N2O4. The molecule has 0 aromatic heterocycles. The van der Waals surface area contributed by atoms with Crippen LogP contribution in [-0.2, 0) is 14.3 Å². The van der Waals surface area contributed by atoms with Crippen LogP contribution >= 0.6 is 0 Å². The number of amides is 2. The highest BCUT2D eigenvalue weighted by molar-refractivity contribution is 5.86. The maximum atomic E-state index is 12.9. The van der Waals surface area contributed by atoms with Crippen molar-refractivity contribution >= 4 is 12.0 Å². The molecule has 0 saturated carbocycles. The molecule has 1 atom stereocenters. The molecule has 2 amide bonds. The number of hydrogen-bond acceptors (Lipinski definition) is 4. The van der Waals surface area contributed by atoms with Gasteiger partial charge < -0.3 is 19.7 Å². The lowest BCUT2D eigenvalue weighted by Gasteiger charge is -2.44. The number of nitrogens with zero attached hydrogens (tertiary/aromatic N) is 1. The van der Waals surface area contributed by atoms with Gasteiger partial charge in [0, 0.05) is 6.54 Å². The van der Waals surface area contributed by atoms with Crippen LogP contribution in [0.1, 0.15) is 48.5 Å². The molecule has 1 N–H and O–H groups in total. The Balaban J connectivity index is 2.82. The molecule has 0 aliphatic carbocycles. The van der Waals surface area contributed by atoms with Crippen LogP contribution in [0.15, 0.2) is 0 Å². The summed E-state index contributed by atoms with van der Waals surface area (Å²) in [6.45, 7) is 14.7. The van der Waals surface area contributed by atoms with Gasteiger partial charge in [-0.2, -0.15) is 0 Å². The molecule has 1 aliphatic rings. The fourth-order valence-corrected chi connectivity index (χ4v) is 2.38. The van der Waals surface area contributed by atoms with Crippen molar-refractivity contribution in [2.75, 3.05) is 19.8 Å². The predicted molar refractivity (Wildman–Crippen MR) is 84.6 cm³/mol. The van der Waals surface area contributed by atoms with E-state index in [4.69, 9.17) is 9.47 Å². The van der Waals surface area contributed by atoms with Crippen LogP contribution in [0.2, 0.25) is 0 Å². The van der Waals surface area contributed by atoms with Crippen LogP contribution in [-0.4, -0.2) is 53.8 Å². The minimum Gasteiger partial charge on any atom is -0.444 e. The van der Waals surface area contributed by atoms with Gasteiger partial charge in [-0.15, -0.1) is 0 Å². The number of hydrogen-bond donors (Lipinski definition) is 1. The molecule has 0 aromatic rings. The van der Waals surface area contributed by atoms with E-state index in [1.807, 2.05) is 27.7 Å². The topological polar surface area (TPSA) is 67.9 Å². The molecule has 22 heavy (non-hydrogen) atoms. The molecule has 1 unspecified atom stereocenters. The molecular weight excluding hydrogens is 284 g/mol. The van der Waals surface area contributed by atoms with Gasteiger partial charge in [0.1, 0.15) is 11.6 Å². The number of alkyl carbamates (subject to hydrolysis) is 1. The number of carbonyl (C=O) groups is 2. The fraction of sp³-hybridized carbons (Fsp3) is 0.875. The third-order valence-electron chi connectivity index (χ3n) is 3.52. The Morgan fingerprint density at radius 1 is 1.27 bits per heavy atom. The van der Waals surface area contributed by atoms with E-state index in [9.17, 15) is 9.59 Å². The maximum absolute atomic E-state index is 12.9. The van der Waals surface area contributed by atoms with Crippen molar-refractivity contribution in [3.63, 3.8) is 0 Å². The Morgan fingerprint density at radius 3 is 2.32 bits per heavy atom. The molecule has 128 valence electrons. The Bertz CT molecular complexity index is 413. The van der Waals surface area contributed by atoms with Crippen molar-refractivity contribution in [1.29, 1.82) is 0 Å². The van der Waals surface area contributed by atoms with Crippen LogP contribution in [0.25, 0.3) is 0 Å². The molecule has 1 fully saturated rings. The summed E-state index contributed by atoms with van der Waals surface area (Å²) in [6.07, 6.45) is -0.564. The van der Waals surface area contributed by atoms with Crippen LogP contribution in [0, 0.1) is 5.92 Å². The van der Waals surface area contributed by atoms with Gasteiger partial charge in [0.15, 0.2) is 0 Å². The monoisotopic (exact) mass is 314 g/mol. The molecule has 6 heteroatoms. The Hall–Kier alpha value is -1.30. The van der Waals surface area contributed by atoms with Gasteiger partial charge in [-0.25, -0.2) is 4.79 Å². The molecule has 1 saturated heterocycles. The van der Waals surface area contributed by atoms with E-state index in [0.29, 0.717) is 19.8 Å². The average Bonchev–Trinajstić information content (AvgIpc) is 2.32. The van der Waals surface area contributed by atoms with Crippen molar-refractivity contribution in [3.05, 3.63) is 0 Å². The third kappa shape index (κ3) is 5.16. The fourth-order valence-electron chi connectivity index (χ4n) is 2.38. The summed E-state index contributed by atoms with van der Waals surface area (Å²) in [5.74, 6) is -0.118. The number of ether oxygens (including phenoxy) is 2. The zero-order chi connectivity index (χ0) is 17.1. The van der Waals surface area contributed by atoms with E-state index < -0.39 is 17.7 Å². The van der Waals surface area contributed by atoms with E-state index in [0.717, 1.165) is 0 Å². The van der Waals surface area contributed by atoms with Crippen LogP contribution < -0.4 is 5.32 Å². The third-order valence-corrected chi connectivity index (χ3v) is 3.52. The van der Waals surface area contributed by atoms with E-state index >= 15 is 0 Å². The van der Waals surface area contributed by atoms with Crippen LogP contribution in [0.5, 0.6) is 0 Å². The van der Waals surface area contributed by atoms with Crippen LogP contribution in [0.3, 0.4) is 0 Å². The quantitative estimate of drug-likeness (QED) is 0.867. The standard InChI is InChI=1S/C16H30N2O4/c1-11(2)12(17-14(20)22-15(3,4)5)13(19)18-8-9-21-10-16(18,6)7/h11-12H,8-10H2,1-7H3,(H,17,20). The summed E-state index contributed by atoms with van der Waals surface area (Å²) in [7, 11) is 0. The first-order chi connectivity index (χ1) is 9.94. The van der Waals surface area contributed by atoms with Gasteiger partial charge in [-0.3, -0.25) is 4.79 Å². The number of nitrogens with one attached hydrogen (secondary N) is 1. The second-order valence-corrected chi connectivity index (χ2v) is 7.72. The summed E-state index contributed by atoms with van der Waals surface area (Å²) in [4.78, 5) is 26.6. The average molecular weight is 314 g/mol. The first kappa shape index (κ1) is 18.7. The Morgan fingerprint density at radius 2 is 1.86 bits per heavy atom. The van der Waals surface area contributed by atoms with Crippen molar-refractivity contribution in [2.45, 2.75) is 65.6 Å². The van der Waals surface area contributed by atoms with Crippen molar-refractivity contribution in [2.24, 2.45) is 5.92 Å². The normalized spacial score (nSPS) is 19.7. The molecule has 0 aromatic carbocycles. The van der Waals surface area contributed by atoms with E-state index in [1.54, 1.807) is 25.7 Å². The largest absolute Gasteiger partial charge is 0.444 e. The van der Waals surface area contributed by atoms with Gasteiger partial charge in [0.05, 0.1) is 18.8 Å². The van der Waals surface area contributed by atoms with Gasteiger partial charge in [0.25, 0.3) is 0 Å². The predicted octanol–water partition coefficient (Wildman–Crippen LogP) is 2.17. The minimum absolute atomic E-state index is 0.0290. The molecule has 1 aliphatic heterocycles. The number of carbonyl (C=O) groups excluding carboxylic acids is 2. The summed E-state index contributed by atoms with van der Waals surface area (Å²) >= 11 is 0. The van der Waals surface area contributed by atoms with Crippen molar-refractivity contribution in [1.82, 2.24) is 10.2 Å². The highest BCUT2D eigenvalue weighted by Gasteiger charge is 2.39. The zero-order valence-electron chi connectivity index (χ0n) is 14.9. The van der Waals surface area contributed by atoms with Gasteiger partial charge in [-0.05, 0) is 40.5 Å². The molecule has 1 heterocycles. The summed E-state index contributed by atoms with van der Waals surface area (Å²) < 4.78 is 10.7. The molecule has 1 rings (SSSR count). The zero-order valence-corrected chi connectivity index (χ0v) is 14.9. The first-order valence-electron chi connectivity index (χ1n) is 7.83. The number of morpholine rings is 1. The second-order valence-electron chi connectivity index (χ2n) is 7.72. The highest BCUT2D eigenvalue weighted by atomic mass is 16.6. The minimum atomic E-state index is -0.604. The second kappa shape index (κ2) is 6.86. The Kier molecular flexibility index (Phi) is 5.84. The summed E-state index contributed by atoms with van der Waals surface area (Å²) in [5.41, 5.74) is -0.967. The lowest BCUT2D eigenvalue weighted by Crippen LogP contribution is -2.61. The van der Waals surface area contributed by atoms with Crippen molar-refractivity contribution in [3.8, 4) is 0 Å². The van der Waals surface area contributed by atoms with E-state index in [1.165, 1.54) is 0 Å². The first-order valence-corrected chi connectivity index (χ1v) is 7.83. The molecule has 0 spiro atoms. The summed E-state index contributed by atoms with van der Waals surface area (Å²) in [6, 6.07) is -0.604. The Labute approximate surface area is 133 Å². The highest BCUT2D eigenvalue weighted by Crippen LogP contribution is 2.21. The van der Waals surface area contributed by atoms with Gasteiger partial charge >= 0.3 is 6.09 Å². The van der Waals surface area contributed by atoms with Crippen molar-refractivity contribution < 1.29 is 19.1 Å². The SMILES string of the molecule is CC(C)C(NC(=O)OC(C)(C)C)C(=O)N1CCOCC1(C)C. The van der Waals surface area contributed by atoms with E-state index in [2.05, 4.69) is 5.32 Å². The lowest BCUT2D eigenvalue weighted by atomic mass is 9.97. The van der Waals surface area contributed by atoms with Gasteiger partial charge in [0.2, 0.25) is 5.91 Å². The molecule has 0 bridgehead atoms. The molecule has 0 radical (unpaired) electrons. The van der Waals surface area contributed by atoms with E-state index in [-0.39, 0.29) is 17.4 Å². The molecule has 6 nitrogen and oxygen atoms in total. The van der Waals surface area contributed by atoms with Crippen LogP contribution in [0.4, 0.5) is 4.79 Å². The smallest absolute Gasteiger partial charge is 0.408 e. The maximum Gasteiger partial charge on any atom is 0.408 e.